The molecule has 0 saturated carbocycles. The maximum atomic E-state index is 11.3. The quantitative estimate of drug-likeness (QED) is 0.486. The second-order valence-corrected chi connectivity index (χ2v) is 4.97. The van der Waals surface area contributed by atoms with E-state index in [0.717, 1.165) is 5.56 Å². The first-order chi connectivity index (χ1) is 8.36. The molecule has 0 aliphatic heterocycles. The summed E-state index contributed by atoms with van der Waals surface area (Å²) in [5.41, 5.74) is 1.45. The Morgan fingerprint density at radius 3 is 2.67 bits per heavy atom. The van der Waals surface area contributed by atoms with E-state index in [-0.39, 0.29) is 18.1 Å². The van der Waals surface area contributed by atoms with Crippen molar-refractivity contribution in [2.45, 2.75) is 20.3 Å². The van der Waals surface area contributed by atoms with E-state index < -0.39 is 10.8 Å². The molecule has 0 amide bonds. The van der Waals surface area contributed by atoms with Gasteiger partial charge < -0.3 is 4.74 Å². The van der Waals surface area contributed by atoms with Gasteiger partial charge in [0.15, 0.2) is 0 Å². The van der Waals surface area contributed by atoms with Gasteiger partial charge in [0, 0.05) is 16.1 Å². The van der Waals surface area contributed by atoms with Crippen LogP contribution in [-0.2, 0) is 16.0 Å². The Kier molecular flexibility index (Phi) is 4.84. The van der Waals surface area contributed by atoms with Crippen LogP contribution in [0.1, 0.15) is 18.1 Å². The first-order valence-electron chi connectivity index (χ1n) is 5.38. The Labute approximate surface area is 113 Å². The molecular weight excluding hydrogens is 302 g/mol. The summed E-state index contributed by atoms with van der Waals surface area (Å²) < 4.78 is 5.30. The van der Waals surface area contributed by atoms with Crippen LogP contribution in [0.3, 0.4) is 0 Å². The Balaban J connectivity index is 3.11. The molecule has 1 aromatic rings. The molecule has 0 spiro atoms. The number of esters is 1. The average Bonchev–Trinajstić information content (AvgIpc) is 2.31. The summed E-state index contributed by atoms with van der Waals surface area (Å²) in [7, 11) is 1.31. The third kappa shape index (κ3) is 3.29. The summed E-state index contributed by atoms with van der Waals surface area (Å²) in [6.45, 7) is 3.53. The first-order valence-corrected chi connectivity index (χ1v) is 6.17. The van der Waals surface area contributed by atoms with Crippen molar-refractivity contribution in [1.29, 1.82) is 0 Å². The molecule has 0 aromatic heterocycles. The van der Waals surface area contributed by atoms with E-state index in [1.54, 1.807) is 13.0 Å². The summed E-state index contributed by atoms with van der Waals surface area (Å²) in [6, 6.07) is 3.19. The molecule has 1 aromatic carbocycles. The van der Waals surface area contributed by atoms with Crippen LogP contribution in [0.15, 0.2) is 16.6 Å². The topological polar surface area (TPSA) is 69.4 Å². The molecule has 0 saturated heterocycles. The third-order valence-electron chi connectivity index (χ3n) is 2.69. The van der Waals surface area contributed by atoms with Crippen molar-refractivity contribution in [3.63, 3.8) is 0 Å². The number of ether oxygens (including phenoxy) is 1. The molecule has 0 aliphatic rings. The van der Waals surface area contributed by atoms with E-state index in [9.17, 15) is 14.9 Å². The molecule has 0 heterocycles. The van der Waals surface area contributed by atoms with Gasteiger partial charge in [0.2, 0.25) is 0 Å². The number of hydrogen-bond donors (Lipinski definition) is 0. The zero-order valence-corrected chi connectivity index (χ0v) is 12.0. The van der Waals surface area contributed by atoms with Crippen molar-refractivity contribution in [1.82, 2.24) is 0 Å². The minimum absolute atomic E-state index is 0.0169. The van der Waals surface area contributed by atoms with Crippen molar-refractivity contribution in [2.24, 2.45) is 5.92 Å². The third-order valence-corrected chi connectivity index (χ3v) is 3.54. The number of aryl methyl sites for hydroxylation is 1. The molecule has 0 radical (unpaired) electrons. The van der Waals surface area contributed by atoms with Crippen LogP contribution in [-0.4, -0.2) is 18.0 Å². The lowest BCUT2D eigenvalue weighted by atomic mass is 9.98. The number of hydrogen-bond acceptors (Lipinski definition) is 4. The van der Waals surface area contributed by atoms with Gasteiger partial charge in [-0.3, -0.25) is 14.9 Å². The van der Waals surface area contributed by atoms with Crippen LogP contribution in [0, 0.1) is 23.0 Å². The van der Waals surface area contributed by atoms with E-state index in [1.165, 1.54) is 13.2 Å². The molecule has 1 rings (SSSR count). The van der Waals surface area contributed by atoms with Crippen LogP contribution in [0.4, 0.5) is 5.69 Å². The average molecular weight is 316 g/mol. The van der Waals surface area contributed by atoms with E-state index >= 15 is 0 Å². The summed E-state index contributed by atoms with van der Waals surface area (Å²) in [6.07, 6.45) is 0.289. The van der Waals surface area contributed by atoms with E-state index in [0.29, 0.717) is 10.0 Å². The van der Waals surface area contributed by atoms with Gasteiger partial charge in [0.1, 0.15) is 0 Å². The van der Waals surface area contributed by atoms with Gasteiger partial charge in [-0.1, -0.05) is 22.9 Å². The van der Waals surface area contributed by atoms with Gasteiger partial charge >= 0.3 is 5.97 Å². The summed E-state index contributed by atoms with van der Waals surface area (Å²) in [5, 5.41) is 11.0. The molecule has 0 aliphatic carbocycles. The molecule has 0 N–H and O–H groups in total. The number of carbonyl (C=O) groups is 1. The molecule has 98 valence electrons. The van der Waals surface area contributed by atoms with Crippen molar-refractivity contribution in [3.05, 3.63) is 37.8 Å². The molecule has 18 heavy (non-hydrogen) atoms. The van der Waals surface area contributed by atoms with Crippen LogP contribution < -0.4 is 0 Å². The molecule has 0 bridgehead atoms. The fourth-order valence-corrected chi connectivity index (χ4v) is 2.01. The van der Waals surface area contributed by atoms with Crippen LogP contribution >= 0.6 is 15.9 Å². The monoisotopic (exact) mass is 315 g/mol. The lowest BCUT2D eigenvalue weighted by molar-refractivity contribution is -0.385. The second kappa shape index (κ2) is 5.95. The van der Waals surface area contributed by atoms with Crippen LogP contribution in [0.5, 0.6) is 0 Å². The number of carbonyl (C=O) groups excluding carboxylic acids is 1. The smallest absolute Gasteiger partial charge is 0.308 e. The van der Waals surface area contributed by atoms with Crippen molar-refractivity contribution in [2.75, 3.05) is 7.11 Å². The molecular formula is C12H14BrNO4. The minimum atomic E-state index is -0.441. The highest BCUT2D eigenvalue weighted by atomic mass is 79.9. The van der Waals surface area contributed by atoms with Crippen molar-refractivity contribution < 1.29 is 14.5 Å². The SMILES string of the molecule is COC(=O)C(C)Cc1cc(C)c(Br)cc1[N+](=O)[O-]. The van der Waals surface area contributed by atoms with E-state index in [1.807, 2.05) is 6.92 Å². The Hall–Kier alpha value is -1.43. The number of nitro groups is 1. The van der Waals surface area contributed by atoms with Gasteiger partial charge in [-0.05, 0) is 25.0 Å². The highest BCUT2D eigenvalue weighted by Gasteiger charge is 2.21. The highest BCUT2D eigenvalue weighted by Crippen LogP contribution is 2.29. The second-order valence-electron chi connectivity index (χ2n) is 4.12. The number of benzene rings is 1. The van der Waals surface area contributed by atoms with Crippen molar-refractivity contribution in [3.8, 4) is 0 Å². The largest absolute Gasteiger partial charge is 0.469 e. The number of halogens is 1. The predicted octanol–water partition coefficient (Wildman–Crippen LogP) is 3.02. The summed E-state index contributed by atoms with van der Waals surface area (Å²) in [5.74, 6) is -0.779. The number of methoxy groups -OCH3 is 1. The number of nitro benzene ring substituents is 1. The fourth-order valence-electron chi connectivity index (χ4n) is 1.68. The molecule has 1 unspecified atom stereocenters. The number of nitrogens with zero attached hydrogens (tertiary/aromatic N) is 1. The Morgan fingerprint density at radius 1 is 1.56 bits per heavy atom. The van der Waals surface area contributed by atoms with Gasteiger partial charge in [-0.25, -0.2) is 0 Å². The lowest BCUT2D eigenvalue weighted by Crippen LogP contribution is -2.16. The zero-order chi connectivity index (χ0) is 13.9. The molecule has 6 heteroatoms. The van der Waals surface area contributed by atoms with E-state index in [4.69, 9.17) is 0 Å². The summed E-state index contributed by atoms with van der Waals surface area (Å²) in [4.78, 5) is 21.9. The van der Waals surface area contributed by atoms with Crippen molar-refractivity contribution >= 4 is 27.6 Å². The maximum absolute atomic E-state index is 11.3. The molecule has 1 atom stereocenters. The van der Waals surface area contributed by atoms with Gasteiger partial charge in [-0.2, -0.15) is 0 Å². The highest BCUT2D eigenvalue weighted by molar-refractivity contribution is 9.10. The van der Waals surface area contributed by atoms with Crippen LogP contribution in [0.2, 0.25) is 0 Å². The zero-order valence-electron chi connectivity index (χ0n) is 10.4. The minimum Gasteiger partial charge on any atom is -0.469 e. The van der Waals surface area contributed by atoms with E-state index in [2.05, 4.69) is 20.7 Å². The Morgan fingerprint density at radius 2 is 2.17 bits per heavy atom. The number of rotatable bonds is 4. The van der Waals surface area contributed by atoms with Crippen LogP contribution in [0.25, 0.3) is 0 Å². The standard InChI is InChI=1S/C12H14BrNO4/c1-7-4-9(5-8(2)12(15)18-3)11(14(16)17)6-10(7)13/h4,6,8H,5H2,1-3H3. The first kappa shape index (κ1) is 14.6. The molecule has 5 nitrogen and oxygen atoms in total. The Bertz CT molecular complexity index is 487. The van der Waals surface area contributed by atoms with Gasteiger partial charge in [0.05, 0.1) is 18.0 Å². The van der Waals surface area contributed by atoms with Gasteiger partial charge in [-0.15, -0.1) is 0 Å². The maximum Gasteiger partial charge on any atom is 0.308 e. The molecule has 0 fully saturated rings. The predicted molar refractivity (Wildman–Crippen MR) is 70.4 cm³/mol. The summed E-state index contributed by atoms with van der Waals surface area (Å²) >= 11 is 3.26. The normalized spacial score (nSPS) is 12.0. The fraction of sp³-hybridized carbons (Fsp3) is 0.417. The van der Waals surface area contributed by atoms with Gasteiger partial charge in [0.25, 0.3) is 5.69 Å². The lowest BCUT2D eigenvalue weighted by Gasteiger charge is -2.10.